The van der Waals surface area contributed by atoms with E-state index in [2.05, 4.69) is 4.90 Å². The number of fused-ring (bicyclic) bond motifs is 1. The monoisotopic (exact) mass is 306 g/mol. The number of amides is 1. The Morgan fingerprint density at radius 2 is 2.05 bits per heavy atom. The second kappa shape index (κ2) is 6.99. The highest BCUT2D eigenvalue weighted by Gasteiger charge is 2.33. The number of carbonyl (C=O) groups excluding carboxylic acids is 1. The van der Waals surface area contributed by atoms with Crippen molar-refractivity contribution in [3.63, 3.8) is 0 Å². The van der Waals surface area contributed by atoms with Gasteiger partial charge in [0, 0.05) is 31.5 Å². The van der Waals surface area contributed by atoms with Gasteiger partial charge in [-0.2, -0.15) is 13.2 Å². The Balaban J connectivity index is 1.85. The van der Waals surface area contributed by atoms with Gasteiger partial charge >= 0.3 is 6.18 Å². The number of hydrogen-bond acceptors (Lipinski definition) is 2. The molecule has 6 heteroatoms. The molecule has 2 rings (SSSR count). The van der Waals surface area contributed by atoms with Gasteiger partial charge in [0.15, 0.2) is 0 Å². The summed E-state index contributed by atoms with van der Waals surface area (Å²) in [6, 6.07) is 0.602. The van der Waals surface area contributed by atoms with Crippen LogP contribution in [0.3, 0.4) is 0 Å². The van der Waals surface area contributed by atoms with Gasteiger partial charge in [-0.25, -0.2) is 0 Å². The number of nitrogens with zero attached hydrogens (tertiary/aromatic N) is 2. The Bertz CT molecular complexity index is 359. The van der Waals surface area contributed by atoms with Crippen LogP contribution in [0.5, 0.6) is 0 Å². The van der Waals surface area contributed by atoms with E-state index in [0.29, 0.717) is 25.0 Å². The quantitative estimate of drug-likeness (QED) is 0.796. The van der Waals surface area contributed by atoms with Crippen LogP contribution < -0.4 is 0 Å². The smallest absolute Gasteiger partial charge is 0.340 e. The Labute approximate surface area is 124 Å². The number of hydrogen-bond donors (Lipinski definition) is 0. The summed E-state index contributed by atoms with van der Waals surface area (Å²) in [7, 11) is 1.92. The molecule has 2 atom stereocenters. The zero-order valence-electron chi connectivity index (χ0n) is 12.7. The Hall–Kier alpha value is -0.780. The van der Waals surface area contributed by atoms with Gasteiger partial charge < -0.3 is 9.80 Å². The lowest BCUT2D eigenvalue weighted by molar-refractivity contribution is -0.137. The molecule has 2 aliphatic heterocycles. The predicted octanol–water partition coefficient (Wildman–Crippen LogP) is 3.19. The third-order valence-corrected chi connectivity index (χ3v) is 4.76. The molecule has 0 aromatic carbocycles. The first-order valence-electron chi connectivity index (χ1n) is 7.93. The predicted molar refractivity (Wildman–Crippen MR) is 74.9 cm³/mol. The third-order valence-electron chi connectivity index (χ3n) is 4.76. The maximum absolute atomic E-state index is 12.2. The number of alkyl halides is 3. The van der Waals surface area contributed by atoms with Gasteiger partial charge in [-0.05, 0) is 52.1 Å². The highest BCUT2D eigenvalue weighted by atomic mass is 19.4. The Morgan fingerprint density at radius 1 is 1.29 bits per heavy atom. The summed E-state index contributed by atoms with van der Waals surface area (Å²) in [6.07, 6.45) is 0.741. The van der Waals surface area contributed by atoms with Gasteiger partial charge in [0.25, 0.3) is 0 Å². The van der Waals surface area contributed by atoms with Crippen molar-refractivity contribution >= 4 is 5.91 Å². The van der Waals surface area contributed by atoms with Gasteiger partial charge in [0.1, 0.15) is 0 Å². The summed E-state index contributed by atoms with van der Waals surface area (Å²) in [5, 5.41) is 0. The summed E-state index contributed by atoms with van der Waals surface area (Å²) >= 11 is 0. The molecule has 0 aliphatic carbocycles. The van der Waals surface area contributed by atoms with Crippen molar-refractivity contribution < 1.29 is 18.0 Å². The lowest BCUT2D eigenvalue weighted by atomic mass is 9.96. The molecule has 21 heavy (non-hydrogen) atoms. The topological polar surface area (TPSA) is 23.6 Å². The number of halogens is 3. The van der Waals surface area contributed by atoms with E-state index >= 15 is 0 Å². The molecular formula is C15H25F3N2O. The Morgan fingerprint density at radius 3 is 2.76 bits per heavy atom. The Kier molecular flexibility index (Phi) is 5.52. The van der Waals surface area contributed by atoms with Crippen LogP contribution in [0.15, 0.2) is 0 Å². The molecule has 0 radical (unpaired) electrons. The van der Waals surface area contributed by atoms with Crippen molar-refractivity contribution in [2.24, 2.45) is 0 Å². The number of carbonyl (C=O) groups is 1. The maximum Gasteiger partial charge on any atom is 0.389 e. The molecule has 122 valence electrons. The van der Waals surface area contributed by atoms with E-state index in [1.54, 1.807) is 0 Å². The molecule has 2 aliphatic rings. The second-order valence-electron chi connectivity index (χ2n) is 6.36. The van der Waals surface area contributed by atoms with Crippen molar-refractivity contribution in [1.29, 1.82) is 0 Å². The van der Waals surface area contributed by atoms with Crippen LogP contribution >= 0.6 is 0 Å². The molecule has 0 aromatic rings. The molecule has 0 aromatic heterocycles. The largest absolute Gasteiger partial charge is 0.389 e. The lowest BCUT2D eigenvalue weighted by Crippen LogP contribution is -2.44. The van der Waals surface area contributed by atoms with Crippen molar-refractivity contribution in [2.45, 2.75) is 69.6 Å². The van der Waals surface area contributed by atoms with E-state index in [-0.39, 0.29) is 12.3 Å². The molecule has 2 saturated heterocycles. The molecule has 0 saturated carbocycles. The lowest BCUT2D eigenvalue weighted by Gasteiger charge is -2.35. The van der Waals surface area contributed by atoms with Crippen LogP contribution in [0.25, 0.3) is 0 Å². The molecule has 1 amide bonds. The zero-order chi connectivity index (χ0) is 15.5. The van der Waals surface area contributed by atoms with Crippen LogP contribution in [0.1, 0.15) is 51.4 Å². The second-order valence-corrected chi connectivity index (χ2v) is 6.36. The minimum absolute atomic E-state index is 0.157. The van der Waals surface area contributed by atoms with Crippen LogP contribution in [0.2, 0.25) is 0 Å². The highest BCUT2D eigenvalue weighted by Crippen LogP contribution is 2.29. The molecule has 0 N–H and O–H groups in total. The van der Waals surface area contributed by atoms with E-state index in [1.807, 2.05) is 11.9 Å². The minimum Gasteiger partial charge on any atom is -0.340 e. The van der Waals surface area contributed by atoms with E-state index in [0.717, 1.165) is 38.6 Å². The molecule has 0 spiro atoms. The van der Waals surface area contributed by atoms with Crippen molar-refractivity contribution in [3.8, 4) is 0 Å². The van der Waals surface area contributed by atoms with Crippen molar-refractivity contribution in [3.05, 3.63) is 0 Å². The molecular weight excluding hydrogens is 281 g/mol. The summed E-state index contributed by atoms with van der Waals surface area (Å²) < 4.78 is 36.7. The summed E-state index contributed by atoms with van der Waals surface area (Å²) in [6.45, 7) is 1.33. The number of rotatable bonds is 4. The molecule has 2 fully saturated rings. The summed E-state index contributed by atoms with van der Waals surface area (Å²) in [5.74, 6) is 0.260. The fourth-order valence-corrected chi connectivity index (χ4v) is 3.59. The molecule has 2 heterocycles. The SMILES string of the molecule is CN(CCCC(F)(F)F)C1CCCC(=O)N2CCC[C@@H]2C1. The first-order valence-corrected chi connectivity index (χ1v) is 7.93. The average Bonchev–Trinajstić information content (AvgIpc) is 2.81. The fourth-order valence-electron chi connectivity index (χ4n) is 3.59. The molecule has 0 bridgehead atoms. The normalized spacial score (nSPS) is 27.7. The van der Waals surface area contributed by atoms with Gasteiger partial charge in [-0.1, -0.05) is 0 Å². The van der Waals surface area contributed by atoms with Crippen LogP contribution in [-0.2, 0) is 4.79 Å². The van der Waals surface area contributed by atoms with Gasteiger partial charge in [-0.15, -0.1) is 0 Å². The van der Waals surface area contributed by atoms with Crippen LogP contribution in [-0.4, -0.2) is 54.1 Å². The van der Waals surface area contributed by atoms with Gasteiger partial charge in [-0.3, -0.25) is 4.79 Å². The summed E-state index contributed by atoms with van der Waals surface area (Å²) in [5.41, 5.74) is 0. The first-order chi connectivity index (χ1) is 9.87. The van der Waals surface area contributed by atoms with E-state index in [1.165, 1.54) is 0 Å². The minimum atomic E-state index is -4.06. The van der Waals surface area contributed by atoms with Crippen LogP contribution in [0, 0.1) is 0 Å². The zero-order valence-corrected chi connectivity index (χ0v) is 12.7. The average molecular weight is 306 g/mol. The van der Waals surface area contributed by atoms with E-state index < -0.39 is 12.6 Å². The van der Waals surface area contributed by atoms with Gasteiger partial charge in [0.2, 0.25) is 5.91 Å². The molecule has 1 unspecified atom stereocenters. The van der Waals surface area contributed by atoms with Crippen molar-refractivity contribution in [1.82, 2.24) is 9.80 Å². The van der Waals surface area contributed by atoms with Crippen LogP contribution in [0.4, 0.5) is 13.2 Å². The molecule has 3 nitrogen and oxygen atoms in total. The third kappa shape index (κ3) is 4.87. The highest BCUT2D eigenvalue weighted by molar-refractivity contribution is 5.76. The fraction of sp³-hybridized carbons (Fsp3) is 0.933. The van der Waals surface area contributed by atoms with E-state index in [4.69, 9.17) is 0 Å². The standard InChI is InChI=1S/C15H25F3N2O/c1-19(9-4-8-15(16,17)18)12-5-2-7-14(21)20-10-3-6-13(20)11-12/h12-13H,2-11H2,1H3/t12?,13-/m1/s1. The van der Waals surface area contributed by atoms with E-state index in [9.17, 15) is 18.0 Å². The van der Waals surface area contributed by atoms with Crippen molar-refractivity contribution in [2.75, 3.05) is 20.1 Å². The summed E-state index contributed by atoms with van der Waals surface area (Å²) in [4.78, 5) is 16.1. The first kappa shape index (κ1) is 16.6. The van der Waals surface area contributed by atoms with Gasteiger partial charge in [0.05, 0.1) is 0 Å². The maximum atomic E-state index is 12.2.